The van der Waals surface area contributed by atoms with Crippen molar-refractivity contribution in [2.45, 2.75) is 6.61 Å². The van der Waals surface area contributed by atoms with Crippen LogP contribution in [0.25, 0.3) is 0 Å². The second-order valence-electron chi connectivity index (χ2n) is 5.93. The summed E-state index contributed by atoms with van der Waals surface area (Å²) in [5, 5.41) is 14.8. The first-order valence-corrected chi connectivity index (χ1v) is 8.95. The van der Waals surface area contributed by atoms with Gasteiger partial charge in [-0.3, -0.25) is 14.9 Å². The Morgan fingerprint density at radius 3 is 2.59 bits per heavy atom. The summed E-state index contributed by atoms with van der Waals surface area (Å²) in [5.41, 5.74) is 3.77. The summed E-state index contributed by atoms with van der Waals surface area (Å²) in [6.45, 7) is 0.395. The monoisotopic (exact) mass is 409 g/mol. The van der Waals surface area contributed by atoms with Crippen molar-refractivity contribution in [1.29, 1.82) is 0 Å². The highest BCUT2D eigenvalue weighted by molar-refractivity contribution is 6.32. The topological polar surface area (TPSA) is 93.8 Å². The minimum atomic E-state index is -0.650. The molecule has 29 heavy (non-hydrogen) atoms. The lowest BCUT2D eigenvalue weighted by Gasteiger charge is -2.09. The smallest absolute Gasteiger partial charge is 0.288 e. The van der Waals surface area contributed by atoms with Gasteiger partial charge < -0.3 is 4.74 Å². The number of nitrogens with one attached hydrogen (secondary N) is 1. The van der Waals surface area contributed by atoms with E-state index in [-0.39, 0.29) is 16.3 Å². The summed E-state index contributed by atoms with van der Waals surface area (Å²) in [6, 6.07) is 20.8. The summed E-state index contributed by atoms with van der Waals surface area (Å²) in [6.07, 6.45) is 1.45. The van der Waals surface area contributed by atoms with E-state index < -0.39 is 10.8 Å². The maximum Gasteiger partial charge on any atom is 0.288 e. The van der Waals surface area contributed by atoms with E-state index in [0.717, 1.165) is 11.6 Å². The third kappa shape index (κ3) is 5.40. The lowest BCUT2D eigenvalue weighted by atomic mass is 10.2. The van der Waals surface area contributed by atoms with Crippen LogP contribution in [0.2, 0.25) is 5.02 Å². The van der Waals surface area contributed by atoms with Gasteiger partial charge in [-0.2, -0.15) is 5.10 Å². The van der Waals surface area contributed by atoms with E-state index in [0.29, 0.717) is 17.9 Å². The van der Waals surface area contributed by atoms with E-state index in [4.69, 9.17) is 16.3 Å². The standard InChI is InChI=1S/C21H16ClN3O4/c22-18-11-10-16(12-19(18)25(27)28)21(26)24-23-13-17-8-4-5-9-20(17)29-14-15-6-2-1-3-7-15/h1-13H,14H2,(H,24,26)/b23-13+. The third-order valence-corrected chi connectivity index (χ3v) is 4.25. The Hall–Kier alpha value is -3.71. The molecule has 1 N–H and O–H groups in total. The highest BCUT2D eigenvalue weighted by Gasteiger charge is 2.16. The van der Waals surface area contributed by atoms with Crippen molar-refractivity contribution in [3.8, 4) is 5.75 Å². The van der Waals surface area contributed by atoms with Gasteiger partial charge in [0.2, 0.25) is 0 Å². The summed E-state index contributed by atoms with van der Waals surface area (Å²) >= 11 is 5.75. The van der Waals surface area contributed by atoms with Gasteiger partial charge in [0, 0.05) is 17.2 Å². The van der Waals surface area contributed by atoms with E-state index in [1.165, 1.54) is 18.3 Å². The van der Waals surface area contributed by atoms with Crippen molar-refractivity contribution < 1.29 is 14.5 Å². The highest BCUT2D eigenvalue weighted by Crippen LogP contribution is 2.25. The van der Waals surface area contributed by atoms with Crippen LogP contribution in [0.4, 0.5) is 5.69 Å². The number of nitro groups is 1. The third-order valence-electron chi connectivity index (χ3n) is 3.93. The number of ether oxygens (including phenoxy) is 1. The SMILES string of the molecule is O=C(N/N=C/c1ccccc1OCc1ccccc1)c1ccc(Cl)c([N+](=O)[O-])c1. The number of halogens is 1. The molecule has 0 unspecified atom stereocenters. The van der Waals surface area contributed by atoms with Gasteiger partial charge in [-0.05, 0) is 29.8 Å². The highest BCUT2D eigenvalue weighted by atomic mass is 35.5. The summed E-state index contributed by atoms with van der Waals surface area (Å²) in [4.78, 5) is 22.5. The molecule has 0 spiro atoms. The van der Waals surface area contributed by atoms with Crippen molar-refractivity contribution in [3.05, 3.63) is 105 Å². The zero-order valence-corrected chi connectivity index (χ0v) is 15.9. The number of nitrogens with zero attached hydrogens (tertiary/aromatic N) is 2. The Balaban J connectivity index is 1.67. The number of amides is 1. The van der Waals surface area contributed by atoms with Gasteiger partial charge in [-0.15, -0.1) is 0 Å². The zero-order chi connectivity index (χ0) is 20.6. The number of carbonyl (C=O) groups is 1. The molecule has 0 saturated carbocycles. The average Bonchev–Trinajstić information content (AvgIpc) is 2.73. The van der Waals surface area contributed by atoms with Crippen LogP contribution in [-0.4, -0.2) is 17.0 Å². The van der Waals surface area contributed by atoms with Crippen LogP contribution < -0.4 is 10.2 Å². The van der Waals surface area contributed by atoms with Gasteiger partial charge in [-0.1, -0.05) is 54.1 Å². The average molecular weight is 410 g/mol. The molecule has 7 nitrogen and oxygen atoms in total. The molecule has 0 radical (unpaired) electrons. The molecule has 1 amide bonds. The van der Waals surface area contributed by atoms with Gasteiger partial charge in [0.1, 0.15) is 17.4 Å². The number of benzene rings is 3. The van der Waals surface area contributed by atoms with Crippen molar-refractivity contribution in [3.63, 3.8) is 0 Å². The molecule has 0 heterocycles. The minimum absolute atomic E-state index is 0.0421. The van der Waals surface area contributed by atoms with Gasteiger partial charge >= 0.3 is 0 Å². The fourth-order valence-electron chi connectivity index (χ4n) is 2.47. The molecule has 3 aromatic carbocycles. The molecule has 0 aliphatic heterocycles. The van der Waals surface area contributed by atoms with Gasteiger partial charge in [-0.25, -0.2) is 5.43 Å². The van der Waals surface area contributed by atoms with Gasteiger partial charge in [0.05, 0.1) is 11.1 Å². The Morgan fingerprint density at radius 2 is 1.83 bits per heavy atom. The number of hydrogen-bond acceptors (Lipinski definition) is 5. The van der Waals surface area contributed by atoms with E-state index in [1.54, 1.807) is 12.1 Å². The maximum atomic E-state index is 12.2. The van der Waals surface area contributed by atoms with Crippen LogP contribution in [0.1, 0.15) is 21.5 Å². The van der Waals surface area contributed by atoms with Gasteiger partial charge in [0.15, 0.2) is 0 Å². The van der Waals surface area contributed by atoms with E-state index >= 15 is 0 Å². The fourth-order valence-corrected chi connectivity index (χ4v) is 2.66. The normalized spacial score (nSPS) is 10.7. The van der Waals surface area contributed by atoms with E-state index in [9.17, 15) is 14.9 Å². The quantitative estimate of drug-likeness (QED) is 0.351. The van der Waals surface area contributed by atoms with Crippen molar-refractivity contribution in [1.82, 2.24) is 5.43 Å². The van der Waals surface area contributed by atoms with Crippen LogP contribution >= 0.6 is 11.6 Å². The number of rotatable bonds is 7. The summed E-state index contributed by atoms with van der Waals surface area (Å²) in [7, 11) is 0. The van der Waals surface area contributed by atoms with Crippen molar-refractivity contribution >= 4 is 29.4 Å². The van der Waals surface area contributed by atoms with Crippen molar-refractivity contribution in [2.24, 2.45) is 5.10 Å². The number of carbonyl (C=O) groups excluding carboxylic acids is 1. The predicted octanol–water partition coefficient (Wildman–Crippen LogP) is 4.59. The molecule has 146 valence electrons. The molecular formula is C21H16ClN3O4. The second-order valence-corrected chi connectivity index (χ2v) is 6.34. The lowest BCUT2D eigenvalue weighted by Crippen LogP contribution is -2.17. The second kappa shape index (κ2) is 9.48. The number of hydrogen-bond donors (Lipinski definition) is 1. The molecule has 3 rings (SSSR count). The summed E-state index contributed by atoms with van der Waals surface area (Å²) < 4.78 is 5.83. The van der Waals surface area contributed by atoms with E-state index in [2.05, 4.69) is 10.5 Å². The Morgan fingerprint density at radius 1 is 1.10 bits per heavy atom. The molecular weight excluding hydrogens is 394 g/mol. The van der Waals surface area contributed by atoms with Crippen LogP contribution in [0.5, 0.6) is 5.75 Å². The van der Waals surface area contributed by atoms with Crippen molar-refractivity contribution in [2.75, 3.05) is 0 Å². The van der Waals surface area contributed by atoms with Crippen LogP contribution in [0.15, 0.2) is 77.9 Å². The zero-order valence-electron chi connectivity index (χ0n) is 15.1. The fraction of sp³-hybridized carbons (Fsp3) is 0.0476. The number of para-hydroxylation sites is 1. The van der Waals surface area contributed by atoms with Crippen LogP contribution in [-0.2, 0) is 6.61 Å². The molecule has 8 heteroatoms. The molecule has 0 bridgehead atoms. The first-order chi connectivity index (χ1) is 14.0. The van der Waals surface area contributed by atoms with Crippen LogP contribution in [0, 0.1) is 10.1 Å². The molecule has 0 saturated heterocycles. The Bertz CT molecular complexity index is 1050. The summed E-state index contributed by atoms with van der Waals surface area (Å²) in [5.74, 6) is 0.0141. The Kier molecular flexibility index (Phi) is 6.55. The number of nitro benzene ring substituents is 1. The molecule has 0 fully saturated rings. The molecule has 0 atom stereocenters. The predicted molar refractivity (Wildman–Crippen MR) is 110 cm³/mol. The molecule has 3 aromatic rings. The molecule has 0 aliphatic rings. The van der Waals surface area contributed by atoms with Crippen LogP contribution in [0.3, 0.4) is 0 Å². The lowest BCUT2D eigenvalue weighted by molar-refractivity contribution is -0.384. The number of hydrazone groups is 1. The minimum Gasteiger partial charge on any atom is -0.488 e. The maximum absolute atomic E-state index is 12.2. The Labute approximate surface area is 171 Å². The van der Waals surface area contributed by atoms with E-state index in [1.807, 2.05) is 42.5 Å². The molecule has 0 aliphatic carbocycles. The first-order valence-electron chi connectivity index (χ1n) is 8.57. The molecule has 0 aromatic heterocycles. The first kappa shape index (κ1) is 20.0. The largest absolute Gasteiger partial charge is 0.488 e. The van der Waals surface area contributed by atoms with Gasteiger partial charge in [0.25, 0.3) is 11.6 Å².